The fraction of sp³-hybridized carbons (Fsp3) is 0.714. The van der Waals surface area contributed by atoms with Crippen LogP contribution in [0.3, 0.4) is 0 Å². The van der Waals surface area contributed by atoms with Crippen LogP contribution in [-0.2, 0) is 9.47 Å². The van der Waals surface area contributed by atoms with Crippen molar-refractivity contribution in [2.24, 2.45) is 5.41 Å². The molecule has 2 atom stereocenters. The Labute approximate surface area is 121 Å². The van der Waals surface area contributed by atoms with E-state index in [0.717, 1.165) is 0 Å². The average Bonchev–Trinajstić information content (AvgIpc) is 2.71. The van der Waals surface area contributed by atoms with Gasteiger partial charge in [-0.2, -0.15) is 0 Å². The Balaban J connectivity index is 1.84. The number of nitrogens with one attached hydrogen (secondary N) is 1. The maximum absolute atomic E-state index is 11.9. The number of hydrogen-bond acceptors (Lipinski definition) is 5. The van der Waals surface area contributed by atoms with Gasteiger partial charge < -0.3 is 14.6 Å². The van der Waals surface area contributed by atoms with Crippen LogP contribution < -0.4 is 11.2 Å². The minimum Gasteiger partial charge on any atom is -0.391 e. The number of rotatable bonds is 1. The standard InChI is InChI=1S/C14H20N2O5/c1-13(2)20-7-14(8-21-13)5-9(10(17)6-14)16-4-3-11(18)15-12(16)19/h3-4,9-10,17H,5-8H2,1-2H3,(H,15,18,19)/t9-,10-/m0/s1. The smallest absolute Gasteiger partial charge is 0.328 e. The van der Waals surface area contributed by atoms with Gasteiger partial charge in [0.2, 0.25) is 0 Å². The van der Waals surface area contributed by atoms with Gasteiger partial charge in [-0.1, -0.05) is 0 Å². The quantitative estimate of drug-likeness (QED) is 0.761. The second-order valence-corrected chi connectivity index (χ2v) is 6.54. The molecule has 0 amide bonds. The van der Waals surface area contributed by atoms with Crippen molar-refractivity contribution in [3.05, 3.63) is 33.1 Å². The molecule has 7 heteroatoms. The average molecular weight is 296 g/mol. The number of aliphatic hydroxyl groups is 1. The molecule has 7 nitrogen and oxygen atoms in total. The SMILES string of the molecule is CC1(C)OCC2(CO1)C[C@H](O)[C@@H](n1ccc(=O)[nH]c1=O)C2. The normalized spacial score (nSPS) is 30.6. The van der Waals surface area contributed by atoms with Crippen molar-refractivity contribution >= 4 is 0 Å². The van der Waals surface area contributed by atoms with Crippen LogP contribution in [0.1, 0.15) is 32.7 Å². The molecule has 116 valence electrons. The van der Waals surface area contributed by atoms with Gasteiger partial charge in [-0.3, -0.25) is 14.3 Å². The molecule has 0 aromatic carbocycles. The Kier molecular flexibility index (Phi) is 3.31. The molecule has 1 saturated heterocycles. The Hall–Kier alpha value is -1.44. The predicted octanol–water partition coefficient (Wildman–Crippen LogP) is 0.00170. The van der Waals surface area contributed by atoms with Crippen molar-refractivity contribution < 1.29 is 14.6 Å². The van der Waals surface area contributed by atoms with Crippen LogP contribution in [0.15, 0.2) is 21.9 Å². The van der Waals surface area contributed by atoms with Crippen molar-refractivity contribution in [2.45, 2.75) is 44.6 Å². The molecule has 3 rings (SSSR count). The molecule has 1 aromatic heterocycles. The molecule has 2 aliphatic rings. The van der Waals surface area contributed by atoms with Crippen molar-refractivity contribution in [1.82, 2.24) is 9.55 Å². The Morgan fingerprint density at radius 1 is 1.29 bits per heavy atom. The minimum atomic E-state index is -0.665. The highest BCUT2D eigenvalue weighted by Gasteiger charge is 2.50. The molecule has 1 spiro atoms. The third-order valence-corrected chi connectivity index (χ3v) is 4.39. The van der Waals surface area contributed by atoms with E-state index in [1.54, 1.807) is 0 Å². The number of aliphatic hydroxyl groups excluding tert-OH is 1. The molecule has 2 fully saturated rings. The number of nitrogens with zero attached hydrogens (tertiary/aromatic N) is 1. The monoisotopic (exact) mass is 296 g/mol. The summed E-state index contributed by atoms with van der Waals surface area (Å²) in [5.41, 5.74) is -1.22. The number of aromatic amines is 1. The van der Waals surface area contributed by atoms with Crippen molar-refractivity contribution in [1.29, 1.82) is 0 Å². The summed E-state index contributed by atoms with van der Waals surface area (Å²) in [6, 6.07) is 0.915. The lowest BCUT2D eigenvalue weighted by Crippen LogP contribution is -2.45. The molecule has 0 unspecified atom stereocenters. The fourth-order valence-electron chi connectivity index (χ4n) is 3.19. The zero-order valence-electron chi connectivity index (χ0n) is 12.2. The summed E-state index contributed by atoms with van der Waals surface area (Å²) in [6.45, 7) is 4.70. The highest BCUT2D eigenvalue weighted by atomic mass is 16.7. The van der Waals surface area contributed by atoms with Crippen molar-refractivity contribution in [3.63, 3.8) is 0 Å². The Morgan fingerprint density at radius 2 is 1.95 bits per heavy atom. The first-order valence-electron chi connectivity index (χ1n) is 7.08. The molecule has 1 aromatic rings. The molecule has 0 bridgehead atoms. The van der Waals surface area contributed by atoms with Crippen LogP contribution in [0.5, 0.6) is 0 Å². The number of aromatic nitrogens is 2. The first kappa shape index (κ1) is 14.5. The Morgan fingerprint density at radius 3 is 2.57 bits per heavy atom. The molecule has 0 radical (unpaired) electrons. The molecule has 21 heavy (non-hydrogen) atoms. The lowest BCUT2D eigenvalue weighted by atomic mass is 9.86. The van der Waals surface area contributed by atoms with Crippen LogP contribution in [0, 0.1) is 5.41 Å². The predicted molar refractivity (Wildman–Crippen MR) is 74.0 cm³/mol. The molecule has 2 heterocycles. The molecule has 1 aliphatic heterocycles. The van der Waals surface area contributed by atoms with Gasteiger partial charge in [0.1, 0.15) is 0 Å². The highest BCUT2D eigenvalue weighted by molar-refractivity contribution is 5.00. The van der Waals surface area contributed by atoms with E-state index in [0.29, 0.717) is 26.1 Å². The summed E-state index contributed by atoms with van der Waals surface area (Å²) < 4.78 is 12.8. The second kappa shape index (κ2) is 4.79. The van der Waals surface area contributed by atoms with E-state index in [1.807, 2.05) is 13.8 Å². The van der Waals surface area contributed by atoms with E-state index >= 15 is 0 Å². The number of H-pyrrole nitrogens is 1. The lowest BCUT2D eigenvalue weighted by molar-refractivity contribution is -0.285. The largest absolute Gasteiger partial charge is 0.391 e. The summed E-state index contributed by atoms with van der Waals surface area (Å²) in [4.78, 5) is 25.2. The number of hydrogen-bond donors (Lipinski definition) is 2. The molecule has 2 N–H and O–H groups in total. The van der Waals surface area contributed by atoms with Gasteiger partial charge in [0.15, 0.2) is 5.79 Å². The van der Waals surface area contributed by atoms with Gasteiger partial charge in [-0.25, -0.2) is 4.79 Å². The highest BCUT2D eigenvalue weighted by Crippen LogP contribution is 2.47. The number of ether oxygens (including phenoxy) is 2. The maximum atomic E-state index is 11.9. The van der Waals surface area contributed by atoms with Gasteiger partial charge in [-0.15, -0.1) is 0 Å². The molecule has 1 saturated carbocycles. The summed E-state index contributed by atoms with van der Waals surface area (Å²) in [5, 5.41) is 10.3. The second-order valence-electron chi connectivity index (χ2n) is 6.54. The zero-order chi connectivity index (χ0) is 15.3. The van der Waals surface area contributed by atoms with Crippen LogP contribution in [0.4, 0.5) is 0 Å². The van der Waals surface area contributed by atoms with Gasteiger partial charge in [0.25, 0.3) is 5.56 Å². The Bertz CT molecular complexity index is 637. The van der Waals surface area contributed by atoms with Crippen molar-refractivity contribution in [2.75, 3.05) is 13.2 Å². The van der Waals surface area contributed by atoms with Gasteiger partial charge in [0.05, 0.1) is 25.4 Å². The first-order chi connectivity index (χ1) is 9.80. The van der Waals surface area contributed by atoms with Crippen LogP contribution in [-0.4, -0.2) is 39.8 Å². The van der Waals surface area contributed by atoms with Crippen LogP contribution >= 0.6 is 0 Å². The maximum Gasteiger partial charge on any atom is 0.328 e. The summed E-state index contributed by atoms with van der Waals surface area (Å²) >= 11 is 0. The summed E-state index contributed by atoms with van der Waals surface area (Å²) in [7, 11) is 0. The third kappa shape index (κ3) is 2.68. The van der Waals surface area contributed by atoms with Crippen molar-refractivity contribution in [3.8, 4) is 0 Å². The van der Waals surface area contributed by atoms with Crippen LogP contribution in [0.25, 0.3) is 0 Å². The van der Waals surface area contributed by atoms with Crippen LogP contribution in [0.2, 0.25) is 0 Å². The lowest BCUT2D eigenvalue weighted by Gasteiger charge is -2.41. The topological polar surface area (TPSA) is 93.5 Å². The third-order valence-electron chi connectivity index (χ3n) is 4.39. The van der Waals surface area contributed by atoms with E-state index in [1.165, 1.54) is 16.8 Å². The van der Waals surface area contributed by atoms with E-state index in [9.17, 15) is 14.7 Å². The van der Waals surface area contributed by atoms with E-state index in [2.05, 4.69) is 4.98 Å². The first-order valence-corrected chi connectivity index (χ1v) is 7.08. The minimum absolute atomic E-state index is 0.283. The summed E-state index contributed by atoms with van der Waals surface area (Å²) in [6.07, 6.45) is 1.86. The van der Waals surface area contributed by atoms with E-state index in [4.69, 9.17) is 9.47 Å². The van der Waals surface area contributed by atoms with Gasteiger partial charge in [-0.05, 0) is 26.7 Å². The molecular weight excluding hydrogens is 276 g/mol. The fourth-order valence-corrected chi connectivity index (χ4v) is 3.19. The van der Waals surface area contributed by atoms with Gasteiger partial charge in [0, 0.05) is 17.7 Å². The molecule has 1 aliphatic carbocycles. The molecular formula is C14H20N2O5. The zero-order valence-corrected chi connectivity index (χ0v) is 12.2. The van der Waals surface area contributed by atoms with E-state index in [-0.39, 0.29) is 11.5 Å². The van der Waals surface area contributed by atoms with Gasteiger partial charge >= 0.3 is 5.69 Å². The summed E-state index contributed by atoms with van der Waals surface area (Å²) in [5.74, 6) is -0.608. The van der Waals surface area contributed by atoms with E-state index < -0.39 is 23.1 Å².